The Morgan fingerprint density at radius 2 is 2.00 bits per heavy atom. The van der Waals surface area contributed by atoms with Crippen molar-refractivity contribution in [1.29, 1.82) is 0 Å². The van der Waals surface area contributed by atoms with Gasteiger partial charge in [0.05, 0.1) is 7.11 Å². The second kappa shape index (κ2) is 7.38. The summed E-state index contributed by atoms with van der Waals surface area (Å²) in [7, 11) is 1.65. The summed E-state index contributed by atoms with van der Waals surface area (Å²) in [6, 6.07) is 13.3. The van der Waals surface area contributed by atoms with Gasteiger partial charge in [0.2, 0.25) is 5.91 Å². The monoisotopic (exact) mass is 338 g/mol. The molecule has 0 unspecified atom stereocenters. The zero-order valence-electron chi connectivity index (χ0n) is 14.5. The van der Waals surface area contributed by atoms with E-state index >= 15 is 0 Å². The van der Waals surface area contributed by atoms with Crippen molar-refractivity contribution in [3.05, 3.63) is 59.2 Å². The molecule has 0 aliphatic carbocycles. The van der Waals surface area contributed by atoms with Gasteiger partial charge in [-0.3, -0.25) is 9.59 Å². The van der Waals surface area contributed by atoms with E-state index in [4.69, 9.17) is 4.74 Å². The van der Waals surface area contributed by atoms with E-state index in [1.54, 1.807) is 25.0 Å². The third-order valence-corrected chi connectivity index (χ3v) is 4.49. The van der Waals surface area contributed by atoms with Gasteiger partial charge in [0, 0.05) is 31.3 Å². The number of para-hydroxylation sites is 1. The number of hydrogen-bond acceptors (Lipinski definition) is 3. The normalized spacial score (nSPS) is 12.6. The van der Waals surface area contributed by atoms with E-state index in [2.05, 4.69) is 5.32 Å². The highest BCUT2D eigenvalue weighted by Gasteiger charge is 2.23. The summed E-state index contributed by atoms with van der Waals surface area (Å²) in [5.74, 6) is 0.769. The number of fused-ring (bicyclic) bond motifs is 1. The number of nitrogens with zero attached hydrogens (tertiary/aromatic N) is 1. The maximum absolute atomic E-state index is 12.4. The second-order valence-electron chi connectivity index (χ2n) is 6.08. The molecule has 130 valence electrons. The first-order chi connectivity index (χ1) is 12.1. The Kier molecular flexibility index (Phi) is 5.03. The van der Waals surface area contributed by atoms with Gasteiger partial charge < -0.3 is 15.0 Å². The van der Waals surface area contributed by atoms with Crippen LogP contribution in [0.1, 0.15) is 28.4 Å². The lowest BCUT2D eigenvalue weighted by Gasteiger charge is -2.15. The molecule has 3 rings (SSSR count). The molecule has 2 aromatic carbocycles. The van der Waals surface area contributed by atoms with Gasteiger partial charge in [-0.15, -0.1) is 0 Å². The van der Waals surface area contributed by atoms with Crippen LogP contribution < -0.4 is 15.0 Å². The molecule has 5 heteroatoms. The summed E-state index contributed by atoms with van der Waals surface area (Å²) in [4.78, 5) is 25.7. The lowest BCUT2D eigenvalue weighted by Crippen LogP contribution is -2.26. The molecule has 0 atom stereocenters. The molecule has 0 aromatic heterocycles. The van der Waals surface area contributed by atoms with Gasteiger partial charge in [0.25, 0.3) is 5.91 Å². The molecular formula is C20H22N2O3. The van der Waals surface area contributed by atoms with Crippen LogP contribution in [0.4, 0.5) is 5.69 Å². The van der Waals surface area contributed by atoms with Crippen LogP contribution >= 0.6 is 0 Å². The van der Waals surface area contributed by atoms with Gasteiger partial charge in [-0.1, -0.05) is 18.2 Å². The van der Waals surface area contributed by atoms with E-state index in [1.807, 2.05) is 36.4 Å². The Hall–Kier alpha value is -2.82. The molecule has 2 aromatic rings. The SMILES string of the molecule is COc1ccccc1CCNC(=O)c1ccc2c(c1)CCN2C(C)=O. The zero-order chi connectivity index (χ0) is 17.8. The fraction of sp³-hybridized carbons (Fsp3) is 0.300. The Morgan fingerprint density at radius 3 is 2.76 bits per heavy atom. The lowest BCUT2D eigenvalue weighted by atomic mass is 10.1. The minimum absolute atomic E-state index is 0.0350. The molecule has 0 spiro atoms. The van der Waals surface area contributed by atoms with Crippen LogP contribution in [0, 0.1) is 0 Å². The molecule has 0 saturated carbocycles. The summed E-state index contributed by atoms with van der Waals surface area (Å²) >= 11 is 0. The van der Waals surface area contributed by atoms with E-state index in [0.29, 0.717) is 25.1 Å². The summed E-state index contributed by atoms with van der Waals surface area (Å²) in [6.07, 6.45) is 1.50. The van der Waals surface area contributed by atoms with Crippen molar-refractivity contribution in [2.75, 3.05) is 25.1 Å². The third kappa shape index (κ3) is 3.65. The Bertz CT molecular complexity index is 801. The quantitative estimate of drug-likeness (QED) is 0.911. The highest BCUT2D eigenvalue weighted by Crippen LogP contribution is 2.28. The fourth-order valence-corrected chi connectivity index (χ4v) is 3.19. The predicted octanol–water partition coefficient (Wildman–Crippen LogP) is 2.58. The Labute approximate surface area is 147 Å². The number of rotatable bonds is 5. The van der Waals surface area contributed by atoms with Crippen molar-refractivity contribution in [2.45, 2.75) is 19.8 Å². The third-order valence-electron chi connectivity index (χ3n) is 4.49. The van der Waals surface area contributed by atoms with E-state index in [1.165, 1.54) is 0 Å². The number of anilines is 1. The van der Waals surface area contributed by atoms with Crippen molar-refractivity contribution in [3.8, 4) is 5.75 Å². The number of carbonyl (C=O) groups is 2. The molecule has 25 heavy (non-hydrogen) atoms. The minimum Gasteiger partial charge on any atom is -0.496 e. The highest BCUT2D eigenvalue weighted by molar-refractivity contribution is 5.97. The van der Waals surface area contributed by atoms with Crippen molar-refractivity contribution >= 4 is 17.5 Å². The van der Waals surface area contributed by atoms with Gasteiger partial charge >= 0.3 is 0 Å². The predicted molar refractivity (Wildman–Crippen MR) is 97.2 cm³/mol. The van der Waals surface area contributed by atoms with Gasteiger partial charge in [-0.2, -0.15) is 0 Å². The fourth-order valence-electron chi connectivity index (χ4n) is 3.19. The first-order valence-corrected chi connectivity index (χ1v) is 8.41. The minimum atomic E-state index is -0.0982. The van der Waals surface area contributed by atoms with E-state index in [9.17, 15) is 9.59 Å². The van der Waals surface area contributed by atoms with Crippen molar-refractivity contribution in [3.63, 3.8) is 0 Å². The van der Waals surface area contributed by atoms with E-state index in [-0.39, 0.29) is 11.8 Å². The van der Waals surface area contributed by atoms with Crippen LogP contribution in [0.15, 0.2) is 42.5 Å². The molecule has 2 amide bonds. The van der Waals surface area contributed by atoms with Crippen molar-refractivity contribution < 1.29 is 14.3 Å². The summed E-state index contributed by atoms with van der Waals surface area (Å²) in [5.41, 5.74) is 3.66. The molecular weight excluding hydrogens is 316 g/mol. The molecule has 1 N–H and O–H groups in total. The van der Waals surface area contributed by atoms with E-state index < -0.39 is 0 Å². The van der Waals surface area contributed by atoms with Gasteiger partial charge in [-0.25, -0.2) is 0 Å². The van der Waals surface area contributed by atoms with Crippen LogP contribution in [0.2, 0.25) is 0 Å². The van der Waals surface area contributed by atoms with Crippen LogP contribution in [-0.4, -0.2) is 32.0 Å². The Balaban J connectivity index is 1.62. The highest BCUT2D eigenvalue weighted by atomic mass is 16.5. The van der Waals surface area contributed by atoms with Gasteiger partial charge in [0.1, 0.15) is 5.75 Å². The van der Waals surface area contributed by atoms with Gasteiger partial charge in [-0.05, 0) is 48.2 Å². The van der Waals surface area contributed by atoms with Crippen LogP contribution in [0.3, 0.4) is 0 Å². The molecule has 0 fully saturated rings. The number of nitrogens with one attached hydrogen (secondary N) is 1. The number of amides is 2. The molecule has 0 saturated heterocycles. The maximum Gasteiger partial charge on any atom is 0.251 e. The summed E-state index contributed by atoms with van der Waals surface area (Å²) < 4.78 is 5.32. The van der Waals surface area contributed by atoms with Crippen LogP contribution in [-0.2, 0) is 17.6 Å². The topological polar surface area (TPSA) is 58.6 Å². The smallest absolute Gasteiger partial charge is 0.251 e. The van der Waals surface area contributed by atoms with Crippen molar-refractivity contribution in [1.82, 2.24) is 5.32 Å². The van der Waals surface area contributed by atoms with Crippen LogP contribution in [0.5, 0.6) is 5.75 Å². The second-order valence-corrected chi connectivity index (χ2v) is 6.08. The maximum atomic E-state index is 12.4. The van der Waals surface area contributed by atoms with Crippen LogP contribution in [0.25, 0.3) is 0 Å². The first kappa shape index (κ1) is 17.0. The average molecular weight is 338 g/mol. The summed E-state index contributed by atoms with van der Waals surface area (Å²) in [6.45, 7) is 2.78. The van der Waals surface area contributed by atoms with Crippen molar-refractivity contribution in [2.24, 2.45) is 0 Å². The number of methoxy groups -OCH3 is 1. The Morgan fingerprint density at radius 1 is 1.20 bits per heavy atom. The number of hydrogen-bond donors (Lipinski definition) is 1. The molecule has 0 bridgehead atoms. The molecule has 0 radical (unpaired) electrons. The largest absolute Gasteiger partial charge is 0.496 e. The number of ether oxygens (including phenoxy) is 1. The average Bonchev–Trinajstić information content (AvgIpc) is 3.05. The molecule has 1 aliphatic heterocycles. The van der Waals surface area contributed by atoms with Gasteiger partial charge in [0.15, 0.2) is 0 Å². The summed E-state index contributed by atoms with van der Waals surface area (Å²) in [5, 5.41) is 2.95. The first-order valence-electron chi connectivity index (χ1n) is 8.41. The molecule has 1 aliphatic rings. The standard InChI is InChI=1S/C20H22N2O3/c1-14(23)22-12-10-16-13-17(7-8-18(16)22)20(24)21-11-9-15-5-3-4-6-19(15)25-2/h3-8,13H,9-12H2,1-2H3,(H,21,24). The number of carbonyl (C=O) groups excluding carboxylic acids is 2. The molecule has 5 nitrogen and oxygen atoms in total. The lowest BCUT2D eigenvalue weighted by molar-refractivity contribution is -0.116. The zero-order valence-corrected chi connectivity index (χ0v) is 14.5. The molecule has 1 heterocycles. The number of benzene rings is 2. The van der Waals surface area contributed by atoms with E-state index in [0.717, 1.165) is 29.0 Å².